The molecule has 1 aliphatic carbocycles. The van der Waals surface area contributed by atoms with Crippen molar-refractivity contribution in [2.75, 3.05) is 32.1 Å². The van der Waals surface area contributed by atoms with Crippen LogP contribution in [0.1, 0.15) is 57.1 Å². The molecule has 2 aliphatic rings. The van der Waals surface area contributed by atoms with E-state index in [2.05, 4.69) is 22.5 Å². The normalized spacial score (nSPS) is 20.9. The number of anilines is 1. The Labute approximate surface area is 253 Å². The third-order valence-electron chi connectivity index (χ3n) is 8.04. The van der Waals surface area contributed by atoms with Crippen LogP contribution in [0.4, 0.5) is 10.5 Å². The second kappa shape index (κ2) is 14.6. The van der Waals surface area contributed by atoms with Crippen molar-refractivity contribution in [2.24, 2.45) is 5.92 Å². The van der Waals surface area contributed by atoms with E-state index in [4.69, 9.17) is 27.9 Å². The average molecular weight is 606 g/mol. The molecule has 0 bridgehead atoms. The standard InChI is InChI=1S/C31H42Cl2N4O4/c1-20-16-37(21(2)19-38)30(39)15-23-14-25(35-31(40)34-24-7-5-4-6-8-24)10-12-28(23)41-29(20)18-36(3)17-22-9-11-26(32)27(33)13-22/h9-14,20-21,24,29,38H,4-8,15-19H2,1-3H3,(H2,34,35,40)/t20-,21+,29-/m1/s1. The summed E-state index contributed by atoms with van der Waals surface area (Å²) >= 11 is 12.3. The average Bonchev–Trinajstić information content (AvgIpc) is 2.98. The molecule has 3 N–H and O–H groups in total. The number of hydrogen-bond donors (Lipinski definition) is 3. The molecular formula is C31H42Cl2N4O4. The summed E-state index contributed by atoms with van der Waals surface area (Å²) in [6, 6.07) is 10.7. The van der Waals surface area contributed by atoms with Crippen molar-refractivity contribution in [3.05, 3.63) is 57.6 Å². The minimum atomic E-state index is -0.330. The van der Waals surface area contributed by atoms with Gasteiger partial charge in [-0.25, -0.2) is 4.79 Å². The van der Waals surface area contributed by atoms with Crippen LogP contribution in [0.3, 0.4) is 0 Å². The number of carbonyl (C=O) groups excluding carboxylic acids is 2. The highest BCUT2D eigenvalue weighted by atomic mass is 35.5. The lowest BCUT2D eigenvalue weighted by molar-refractivity contribution is -0.134. The highest BCUT2D eigenvalue weighted by Gasteiger charge is 2.31. The van der Waals surface area contributed by atoms with Crippen LogP contribution >= 0.6 is 23.2 Å². The van der Waals surface area contributed by atoms with Crippen molar-refractivity contribution in [1.82, 2.24) is 15.1 Å². The lowest BCUT2D eigenvalue weighted by Crippen LogP contribution is -2.47. The SMILES string of the molecule is C[C@@H]1CN([C@@H](C)CO)C(=O)Cc2cc(NC(=O)NC3CCCCC3)ccc2O[C@@H]1CN(C)Cc1ccc(Cl)c(Cl)c1. The van der Waals surface area contributed by atoms with E-state index in [0.29, 0.717) is 46.7 Å². The van der Waals surface area contributed by atoms with Crippen LogP contribution in [-0.4, -0.2) is 71.8 Å². The molecule has 0 saturated heterocycles. The Morgan fingerprint density at radius 3 is 2.61 bits per heavy atom. The molecule has 3 atom stereocenters. The van der Waals surface area contributed by atoms with Crippen LogP contribution in [0.15, 0.2) is 36.4 Å². The first-order chi connectivity index (χ1) is 19.6. The molecule has 2 aromatic rings. The van der Waals surface area contributed by atoms with E-state index in [9.17, 15) is 14.7 Å². The smallest absolute Gasteiger partial charge is 0.319 e. The first-order valence-corrected chi connectivity index (χ1v) is 15.3. The number of ether oxygens (including phenoxy) is 1. The van der Waals surface area contributed by atoms with E-state index in [-0.39, 0.29) is 49.1 Å². The Bertz CT molecular complexity index is 1210. The number of carbonyl (C=O) groups is 2. The number of nitrogens with zero attached hydrogens (tertiary/aromatic N) is 2. The maximum absolute atomic E-state index is 13.5. The van der Waals surface area contributed by atoms with Gasteiger partial charge in [-0.1, -0.05) is 55.5 Å². The number of aliphatic hydroxyl groups excluding tert-OH is 1. The van der Waals surface area contributed by atoms with Gasteiger partial charge in [-0.3, -0.25) is 9.69 Å². The fraction of sp³-hybridized carbons (Fsp3) is 0.548. The Balaban J connectivity index is 1.54. The summed E-state index contributed by atoms with van der Waals surface area (Å²) in [4.78, 5) is 30.1. The summed E-state index contributed by atoms with van der Waals surface area (Å²) in [6.45, 7) is 5.48. The molecule has 3 amide bonds. The van der Waals surface area contributed by atoms with E-state index in [0.717, 1.165) is 31.2 Å². The van der Waals surface area contributed by atoms with Gasteiger partial charge in [0.1, 0.15) is 11.9 Å². The Morgan fingerprint density at radius 2 is 1.90 bits per heavy atom. The van der Waals surface area contributed by atoms with Crippen LogP contribution in [0.2, 0.25) is 10.0 Å². The van der Waals surface area contributed by atoms with E-state index in [1.165, 1.54) is 6.42 Å². The molecular weight excluding hydrogens is 563 g/mol. The van der Waals surface area contributed by atoms with Gasteiger partial charge < -0.3 is 25.4 Å². The van der Waals surface area contributed by atoms with Gasteiger partial charge in [0.05, 0.1) is 29.1 Å². The predicted octanol–water partition coefficient (Wildman–Crippen LogP) is 5.73. The monoisotopic (exact) mass is 604 g/mol. The largest absolute Gasteiger partial charge is 0.488 e. The van der Waals surface area contributed by atoms with Gasteiger partial charge in [-0.05, 0) is 62.7 Å². The Hall–Kier alpha value is -2.52. The molecule has 2 aromatic carbocycles. The maximum Gasteiger partial charge on any atom is 0.319 e. The Morgan fingerprint density at radius 1 is 1.15 bits per heavy atom. The quantitative estimate of drug-likeness (QED) is 0.358. The molecule has 1 heterocycles. The zero-order valence-corrected chi connectivity index (χ0v) is 25.7. The van der Waals surface area contributed by atoms with Gasteiger partial charge in [0.2, 0.25) is 5.91 Å². The zero-order valence-electron chi connectivity index (χ0n) is 24.2. The van der Waals surface area contributed by atoms with E-state index < -0.39 is 0 Å². The molecule has 0 unspecified atom stereocenters. The van der Waals surface area contributed by atoms with Crippen molar-refractivity contribution in [1.29, 1.82) is 0 Å². The van der Waals surface area contributed by atoms with Crippen LogP contribution in [0, 0.1) is 5.92 Å². The molecule has 1 saturated carbocycles. The minimum absolute atomic E-state index is 0.0192. The van der Waals surface area contributed by atoms with Gasteiger partial charge in [-0.15, -0.1) is 0 Å². The lowest BCUT2D eigenvalue weighted by atomic mass is 9.96. The summed E-state index contributed by atoms with van der Waals surface area (Å²) in [5.74, 6) is 0.515. The van der Waals surface area contributed by atoms with E-state index in [1.807, 2.05) is 44.3 Å². The van der Waals surface area contributed by atoms with Crippen LogP contribution in [0.25, 0.3) is 0 Å². The van der Waals surface area contributed by atoms with Crippen molar-refractivity contribution in [2.45, 2.75) is 77.1 Å². The molecule has 224 valence electrons. The summed E-state index contributed by atoms with van der Waals surface area (Å²) < 4.78 is 6.61. The summed E-state index contributed by atoms with van der Waals surface area (Å²) in [6.07, 6.45) is 5.35. The maximum atomic E-state index is 13.5. The Kier molecular flexibility index (Phi) is 11.2. The minimum Gasteiger partial charge on any atom is -0.488 e. The lowest BCUT2D eigenvalue weighted by Gasteiger charge is -2.34. The molecule has 0 spiro atoms. The van der Waals surface area contributed by atoms with Crippen LogP contribution < -0.4 is 15.4 Å². The second-order valence-corrected chi connectivity index (χ2v) is 12.4. The third-order valence-corrected chi connectivity index (χ3v) is 8.78. The van der Waals surface area contributed by atoms with Crippen molar-refractivity contribution >= 4 is 40.8 Å². The fourth-order valence-corrected chi connectivity index (χ4v) is 5.97. The third kappa shape index (κ3) is 8.74. The van der Waals surface area contributed by atoms with Crippen molar-refractivity contribution in [3.63, 3.8) is 0 Å². The number of amides is 3. The predicted molar refractivity (Wildman–Crippen MR) is 164 cm³/mol. The van der Waals surface area contributed by atoms with Gasteiger partial charge in [-0.2, -0.15) is 0 Å². The number of urea groups is 1. The first kappa shape index (κ1) is 31.4. The van der Waals surface area contributed by atoms with Crippen molar-refractivity contribution < 1.29 is 19.4 Å². The number of fused-ring (bicyclic) bond motifs is 1. The molecule has 1 fully saturated rings. The molecule has 0 radical (unpaired) electrons. The van der Waals surface area contributed by atoms with Crippen molar-refractivity contribution in [3.8, 4) is 5.75 Å². The summed E-state index contributed by atoms with van der Waals surface area (Å²) in [7, 11) is 2.02. The van der Waals surface area contributed by atoms with Gasteiger partial charge >= 0.3 is 6.03 Å². The second-order valence-electron chi connectivity index (χ2n) is 11.6. The van der Waals surface area contributed by atoms with Crippen LogP contribution in [0.5, 0.6) is 5.75 Å². The highest BCUT2D eigenvalue weighted by molar-refractivity contribution is 6.42. The number of likely N-dealkylation sites (N-methyl/N-ethyl adjacent to an activating group) is 1. The zero-order chi connectivity index (χ0) is 29.5. The van der Waals surface area contributed by atoms with E-state index >= 15 is 0 Å². The molecule has 10 heteroatoms. The summed E-state index contributed by atoms with van der Waals surface area (Å²) in [5.41, 5.74) is 2.34. The molecule has 4 rings (SSSR count). The number of benzene rings is 2. The number of nitrogens with one attached hydrogen (secondary N) is 2. The molecule has 41 heavy (non-hydrogen) atoms. The highest BCUT2D eigenvalue weighted by Crippen LogP contribution is 2.30. The molecule has 1 aliphatic heterocycles. The number of aliphatic hydroxyl groups is 1. The van der Waals surface area contributed by atoms with Gasteiger partial charge in [0, 0.05) is 42.8 Å². The number of rotatable bonds is 8. The fourth-order valence-electron chi connectivity index (χ4n) is 5.65. The van der Waals surface area contributed by atoms with Gasteiger partial charge in [0.25, 0.3) is 0 Å². The topological polar surface area (TPSA) is 94.1 Å². The first-order valence-electron chi connectivity index (χ1n) is 14.5. The molecule has 0 aromatic heterocycles. The number of hydrogen-bond acceptors (Lipinski definition) is 5. The van der Waals surface area contributed by atoms with E-state index in [1.54, 1.807) is 11.0 Å². The van der Waals surface area contributed by atoms with Crippen LogP contribution in [-0.2, 0) is 17.8 Å². The summed E-state index contributed by atoms with van der Waals surface area (Å²) in [5, 5.41) is 17.0. The number of halogens is 2. The van der Waals surface area contributed by atoms with Gasteiger partial charge in [0.15, 0.2) is 0 Å². The molecule has 8 nitrogen and oxygen atoms in total.